The Morgan fingerprint density at radius 1 is 1.13 bits per heavy atom. The fourth-order valence-electron chi connectivity index (χ4n) is 3.17. The fourth-order valence-corrected chi connectivity index (χ4v) is 3.29. The van der Waals surface area contributed by atoms with Crippen LogP contribution in [-0.4, -0.2) is 28.0 Å². The lowest BCUT2D eigenvalue weighted by molar-refractivity contribution is 0.255. The first-order chi connectivity index (χ1) is 11.3. The van der Waals surface area contributed by atoms with Gasteiger partial charge in [0.2, 0.25) is 0 Å². The zero-order valence-corrected chi connectivity index (χ0v) is 13.6. The first-order valence-electron chi connectivity index (χ1n) is 7.97. The summed E-state index contributed by atoms with van der Waals surface area (Å²) in [6, 6.07) is 12.4. The molecule has 116 valence electrons. The van der Waals surface area contributed by atoms with Crippen molar-refractivity contribution < 1.29 is 0 Å². The number of nitrogens with zero attached hydrogens (tertiary/aromatic N) is 3. The molecule has 23 heavy (non-hydrogen) atoms. The summed E-state index contributed by atoms with van der Waals surface area (Å²) in [6.07, 6.45) is 5.78. The van der Waals surface area contributed by atoms with Crippen molar-refractivity contribution in [3.63, 3.8) is 0 Å². The SMILES string of the molecule is Clc1ccc(CCN2CCc3nc4ccncc4cc3C2)cc1. The lowest BCUT2D eigenvalue weighted by atomic mass is 10.0. The van der Waals surface area contributed by atoms with Crippen LogP contribution in [0.15, 0.2) is 48.8 Å². The molecule has 0 atom stereocenters. The molecule has 1 aliphatic rings. The van der Waals surface area contributed by atoms with Gasteiger partial charge in [-0.3, -0.25) is 14.9 Å². The molecule has 0 fully saturated rings. The van der Waals surface area contributed by atoms with Gasteiger partial charge in [-0.2, -0.15) is 0 Å². The number of hydrogen-bond acceptors (Lipinski definition) is 3. The second-order valence-corrected chi connectivity index (χ2v) is 6.50. The molecule has 0 aliphatic carbocycles. The third-order valence-electron chi connectivity index (χ3n) is 4.47. The number of pyridine rings is 2. The van der Waals surface area contributed by atoms with E-state index in [4.69, 9.17) is 16.6 Å². The van der Waals surface area contributed by atoms with Crippen molar-refractivity contribution in [1.29, 1.82) is 0 Å². The monoisotopic (exact) mass is 323 g/mol. The summed E-state index contributed by atoms with van der Waals surface area (Å²) in [5, 5.41) is 1.93. The van der Waals surface area contributed by atoms with E-state index < -0.39 is 0 Å². The number of halogens is 1. The second-order valence-electron chi connectivity index (χ2n) is 6.07. The quantitative estimate of drug-likeness (QED) is 0.732. The summed E-state index contributed by atoms with van der Waals surface area (Å²) in [5.74, 6) is 0. The zero-order chi connectivity index (χ0) is 15.6. The minimum atomic E-state index is 0.798. The number of hydrogen-bond donors (Lipinski definition) is 0. The maximum atomic E-state index is 5.94. The van der Waals surface area contributed by atoms with Gasteiger partial charge < -0.3 is 0 Å². The Balaban J connectivity index is 1.47. The highest BCUT2D eigenvalue weighted by molar-refractivity contribution is 6.30. The average molecular weight is 324 g/mol. The Morgan fingerprint density at radius 3 is 2.87 bits per heavy atom. The Hall–Kier alpha value is -1.97. The number of benzene rings is 1. The molecule has 4 rings (SSSR count). The molecule has 0 spiro atoms. The normalized spacial score (nSPS) is 14.8. The van der Waals surface area contributed by atoms with Crippen LogP contribution in [0.3, 0.4) is 0 Å². The number of fused-ring (bicyclic) bond motifs is 2. The van der Waals surface area contributed by atoms with Crippen molar-refractivity contribution in [3.05, 3.63) is 70.6 Å². The summed E-state index contributed by atoms with van der Waals surface area (Å²) in [5.41, 5.74) is 4.97. The molecule has 0 unspecified atom stereocenters. The van der Waals surface area contributed by atoms with E-state index in [-0.39, 0.29) is 0 Å². The molecule has 1 aromatic carbocycles. The van der Waals surface area contributed by atoms with E-state index >= 15 is 0 Å². The van der Waals surface area contributed by atoms with Gasteiger partial charge in [0.1, 0.15) is 0 Å². The van der Waals surface area contributed by atoms with Crippen LogP contribution < -0.4 is 0 Å². The van der Waals surface area contributed by atoms with Gasteiger partial charge >= 0.3 is 0 Å². The minimum absolute atomic E-state index is 0.798. The van der Waals surface area contributed by atoms with Gasteiger partial charge in [0.15, 0.2) is 0 Å². The Morgan fingerprint density at radius 2 is 2.00 bits per heavy atom. The van der Waals surface area contributed by atoms with Crippen molar-refractivity contribution in [2.75, 3.05) is 13.1 Å². The Kier molecular flexibility index (Phi) is 3.98. The molecule has 3 nitrogen and oxygen atoms in total. The molecule has 0 amide bonds. The summed E-state index contributed by atoms with van der Waals surface area (Å²) in [7, 11) is 0. The minimum Gasteiger partial charge on any atom is -0.298 e. The van der Waals surface area contributed by atoms with E-state index in [1.54, 1.807) is 0 Å². The molecule has 0 N–H and O–H groups in total. The van der Waals surface area contributed by atoms with E-state index in [0.717, 1.165) is 48.4 Å². The molecule has 0 saturated heterocycles. The van der Waals surface area contributed by atoms with Crippen LogP contribution >= 0.6 is 11.6 Å². The van der Waals surface area contributed by atoms with E-state index in [1.807, 2.05) is 30.6 Å². The van der Waals surface area contributed by atoms with E-state index in [9.17, 15) is 0 Å². The van der Waals surface area contributed by atoms with E-state index in [2.05, 4.69) is 28.1 Å². The molecular weight excluding hydrogens is 306 g/mol. The van der Waals surface area contributed by atoms with Crippen molar-refractivity contribution in [2.45, 2.75) is 19.4 Å². The molecule has 3 heterocycles. The molecular formula is C19H18ClN3. The third kappa shape index (κ3) is 3.21. The molecule has 2 aromatic heterocycles. The molecule has 0 saturated carbocycles. The highest BCUT2D eigenvalue weighted by atomic mass is 35.5. The van der Waals surface area contributed by atoms with Crippen LogP contribution in [0.25, 0.3) is 10.9 Å². The second kappa shape index (κ2) is 6.26. The largest absolute Gasteiger partial charge is 0.298 e. The number of aromatic nitrogens is 2. The van der Waals surface area contributed by atoms with Crippen molar-refractivity contribution in [1.82, 2.24) is 14.9 Å². The zero-order valence-electron chi connectivity index (χ0n) is 12.9. The summed E-state index contributed by atoms with van der Waals surface area (Å²) in [6.45, 7) is 3.11. The first-order valence-corrected chi connectivity index (χ1v) is 8.35. The smallest absolute Gasteiger partial charge is 0.0736 e. The lowest BCUT2D eigenvalue weighted by Crippen LogP contribution is -2.32. The Bertz CT molecular complexity index is 830. The Labute approximate surface area is 140 Å². The predicted octanol–water partition coefficient (Wildman–Crippen LogP) is 3.88. The van der Waals surface area contributed by atoms with Crippen LogP contribution in [0.4, 0.5) is 0 Å². The molecule has 3 aromatic rings. The van der Waals surface area contributed by atoms with Crippen molar-refractivity contribution in [3.8, 4) is 0 Å². The number of rotatable bonds is 3. The summed E-state index contributed by atoms with van der Waals surface area (Å²) in [4.78, 5) is 11.5. The van der Waals surface area contributed by atoms with E-state index in [0.29, 0.717) is 0 Å². The summed E-state index contributed by atoms with van der Waals surface area (Å²) >= 11 is 5.94. The molecule has 0 radical (unpaired) electrons. The average Bonchev–Trinajstić information content (AvgIpc) is 2.59. The standard InChI is InChI=1S/C19H18ClN3/c20-17-3-1-14(2-4-17)6-9-23-10-7-19-16(13-23)11-15-12-21-8-5-18(15)22-19/h1-5,8,11-12H,6-7,9-10,13H2. The van der Waals surface area contributed by atoms with Crippen LogP contribution in [0.5, 0.6) is 0 Å². The van der Waals surface area contributed by atoms with Gasteiger partial charge in [0, 0.05) is 54.6 Å². The van der Waals surface area contributed by atoms with Gasteiger partial charge in [-0.15, -0.1) is 0 Å². The summed E-state index contributed by atoms with van der Waals surface area (Å²) < 4.78 is 0. The van der Waals surface area contributed by atoms with Crippen molar-refractivity contribution >= 4 is 22.5 Å². The van der Waals surface area contributed by atoms with Crippen LogP contribution in [0, 0.1) is 0 Å². The first kappa shape index (κ1) is 14.6. The van der Waals surface area contributed by atoms with Gasteiger partial charge in [0.05, 0.1) is 5.52 Å². The van der Waals surface area contributed by atoms with Crippen molar-refractivity contribution in [2.24, 2.45) is 0 Å². The van der Waals surface area contributed by atoms with Gasteiger partial charge in [-0.1, -0.05) is 23.7 Å². The predicted molar refractivity (Wildman–Crippen MR) is 93.7 cm³/mol. The van der Waals surface area contributed by atoms with Crippen LogP contribution in [-0.2, 0) is 19.4 Å². The van der Waals surface area contributed by atoms with E-state index in [1.165, 1.54) is 16.8 Å². The van der Waals surface area contributed by atoms with Gasteiger partial charge in [-0.05, 0) is 41.8 Å². The highest BCUT2D eigenvalue weighted by Gasteiger charge is 2.17. The van der Waals surface area contributed by atoms with Gasteiger partial charge in [-0.25, -0.2) is 0 Å². The maximum absolute atomic E-state index is 5.94. The molecule has 0 bridgehead atoms. The van der Waals surface area contributed by atoms with Crippen LogP contribution in [0.2, 0.25) is 5.02 Å². The third-order valence-corrected chi connectivity index (χ3v) is 4.72. The maximum Gasteiger partial charge on any atom is 0.0736 e. The fraction of sp³-hybridized carbons (Fsp3) is 0.263. The molecule has 4 heteroatoms. The highest BCUT2D eigenvalue weighted by Crippen LogP contribution is 2.22. The molecule has 1 aliphatic heterocycles. The van der Waals surface area contributed by atoms with Gasteiger partial charge in [0.25, 0.3) is 0 Å². The van der Waals surface area contributed by atoms with Crippen LogP contribution in [0.1, 0.15) is 16.8 Å². The topological polar surface area (TPSA) is 29.0 Å². The lowest BCUT2D eigenvalue weighted by Gasteiger charge is -2.28.